The van der Waals surface area contributed by atoms with Crippen molar-refractivity contribution in [1.82, 2.24) is 4.98 Å². The molecule has 0 aliphatic heterocycles. The van der Waals surface area contributed by atoms with Gasteiger partial charge in [-0.05, 0) is 53.3 Å². The zero-order chi connectivity index (χ0) is 16.6. The molecule has 0 bridgehead atoms. The number of rotatable bonds is 3. The van der Waals surface area contributed by atoms with Crippen molar-refractivity contribution in [3.8, 4) is 22.6 Å². The van der Waals surface area contributed by atoms with E-state index in [4.69, 9.17) is 0 Å². The molecule has 118 valence electrons. The standard InChI is InChI=1S/C20H21NO2/c1-4-13-7-8-21-17-9-14(5-6-16(13)17)15-10-18(22)20(12(2)3)19(23)11-15/h5-12,22-23H,4H2,1-3H3. The molecule has 0 spiro atoms. The van der Waals surface area contributed by atoms with Crippen LogP contribution in [0.3, 0.4) is 0 Å². The summed E-state index contributed by atoms with van der Waals surface area (Å²) >= 11 is 0. The molecule has 0 radical (unpaired) electrons. The van der Waals surface area contributed by atoms with Gasteiger partial charge in [0, 0.05) is 17.1 Å². The number of nitrogens with zero attached hydrogens (tertiary/aromatic N) is 1. The quantitative estimate of drug-likeness (QED) is 0.716. The van der Waals surface area contributed by atoms with E-state index in [0.29, 0.717) is 5.56 Å². The number of pyridine rings is 1. The van der Waals surface area contributed by atoms with E-state index in [2.05, 4.69) is 18.0 Å². The fraction of sp³-hybridized carbons (Fsp3) is 0.250. The van der Waals surface area contributed by atoms with Gasteiger partial charge in [-0.3, -0.25) is 4.98 Å². The van der Waals surface area contributed by atoms with Gasteiger partial charge in [0.05, 0.1) is 5.52 Å². The third-order valence-corrected chi connectivity index (χ3v) is 4.26. The Morgan fingerprint density at radius 1 is 0.957 bits per heavy atom. The van der Waals surface area contributed by atoms with E-state index in [9.17, 15) is 10.2 Å². The van der Waals surface area contributed by atoms with Gasteiger partial charge >= 0.3 is 0 Å². The SMILES string of the molecule is CCc1ccnc2cc(-c3cc(O)c(C(C)C)c(O)c3)ccc12. The maximum atomic E-state index is 10.2. The van der Waals surface area contributed by atoms with Gasteiger partial charge < -0.3 is 10.2 Å². The Bertz CT molecular complexity index is 846. The molecule has 3 nitrogen and oxygen atoms in total. The topological polar surface area (TPSA) is 53.4 Å². The number of hydrogen-bond acceptors (Lipinski definition) is 3. The molecule has 0 fully saturated rings. The second-order valence-corrected chi connectivity index (χ2v) is 6.14. The molecule has 0 atom stereocenters. The van der Waals surface area contributed by atoms with E-state index in [-0.39, 0.29) is 17.4 Å². The van der Waals surface area contributed by atoms with Gasteiger partial charge in [-0.25, -0.2) is 0 Å². The van der Waals surface area contributed by atoms with E-state index < -0.39 is 0 Å². The second-order valence-electron chi connectivity index (χ2n) is 6.14. The van der Waals surface area contributed by atoms with Crippen LogP contribution in [0.2, 0.25) is 0 Å². The van der Waals surface area contributed by atoms with Crippen LogP contribution in [-0.2, 0) is 6.42 Å². The molecule has 0 aliphatic rings. The van der Waals surface area contributed by atoms with Crippen molar-refractivity contribution in [3.05, 3.63) is 53.7 Å². The lowest BCUT2D eigenvalue weighted by molar-refractivity contribution is 0.434. The Balaban J connectivity index is 2.14. The summed E-state index contributed by atoms with van der Waals surface area (Å²) in [6.07, 6.45) is 2.78. The Hall–Kier alpha value is -2.55. The van der Waals surface area contributed by atoms with Crippen molar-refractivity contribution in [1.29, 1.82) is 0 Å². The Kier molecular flexibility index (Phi) is 3.95. The number of aromatic nitrogens is 1. The van der Waals surface area contributed by atoms with Gasteiger partial charge in [0.2, 0.25) is 0 Å². The van der Waals surface area contributed by atoms with Crippen LogP contribution in [-0.4, -0.2) is 15.2 Å². The van der Waals surface area contributed by atoms with Crippen LogP contribution in [0.4, 0.5) is 0 Å². The zero-order valence-electron chi connectivity index (χ0n) is 13.7. The smallest absolute Gasteiger partial charge is 0.123 e. The highest BCUT2D eigenvalue weighted by molar-refractivity contribution is 5.87. The Labute approximate surface area is 136 Å². The van der Waals surface area contributed by atoms with Crippen molar-refractivity contribution in [2.75, 3.05) is 0 Å². The fourth-order valence-corrected chi connectivity index (χ4v) is 3.08. The summed E-state index contributed by atoms with van der Waals surface area (Å²) in [6.45, 7) is 6.02. The van der Waals surface area contributed by atoms with Crippen LogP contribution in [0.5, 0.6) is 11.5 Å². The molecule has 3 heteroatoms. The minimum absolute atomic E-state index is 0.0643. The third kappa shape index (κ3) is 2.74. The van der Waals surface area contributed by atoms with Crippen LogP contribution >= 0.6 is 0 Å². The summed E-state index contributed by atoms with van der Waals surface area (Å²) in [5, 5.41) is 21.6. The highest BCUT2D eigenvalue weighted by atomic mass is 16.3. The molecule has 2 aromatic carbocycles. The first kappa shape index (κ1) is 15.3. The monoisotopic (exact) mass is 307 g/mol. The Morgan fingerprint density at radius 2 is 1.65 bits per heavy atom. The summed E-state index contributed by atoms with van der Waals surface area (Å²) in [7, 11) is 0. The zero-order valence-corrected chi connectivity index (χ0v) is 13.7. The van der Waals surface area contributed by atoms with Crippen LogP contribution in [0, 0.1) is 0 Å². The lowest BCUT2D eigenvalue weighted by Gasteiger charge is -2.13. The minimum atomic E-state index is 0.0643. The lowest BCUT2D eigenvalue weighted by atomic mass is 9.95. The lowest BCUT2D eigenvalue weighted by Crippen LogP contribution is -1.91. The van der Waals surface area contributed by atoms with Crippen molar-refractivity contribution in [3.63, 3.8) is 0 Å². The van der Waals surface area contributed by atoms with Crippen molar-refractivity contribution < 1.29 is 10.2 Å². The molecule has 23 heavy (non-hydrogen) atoms. The number of aryl methyl sites for hydroxylation is 1. The molecule has 1 heterocycles. The van der Waals surface area contributed by atoms with Gasteiger partial charge in [0.15, 0.2) is 0 Å². The highest BCUT2D eigenvalue weighted by Gasteiger charge is 2.14. The largest absolute Gasteiger partial charge is 0.507 e. The molecule has 3 aromatic rings. The minimum Gasteiger partial charge on any atom is -0.507 e. The number of phenolic OH excluding ortho intramolecular Hbond substituents is 2. The molecule has 0 aliphatic carbocycles. The average Bonchev–Trinajstić information content (AvgIpc) is 2.52. The molecule has 0 unspecified atom stereocenters. The van der Waals surface area contributed by atoms with E-state index in [1.165, 1.54) is 5.56 Å². The summed E-state index contributed by atoms with van der Waals surface area (Å²) in [6, 6.07) is 11.5. The van der Waals surface area contributed by atoms with Gasteiger partial charge in [-0.1, -0.05) is 32.9 Å². The first-order valence-electron chi connectivity index (χ1n) is 7.95. The number of phenols is 2. The molecule has 2 N–H and O–H groups in total. The first-order valence-corrected chi connectivity index (χ1v) is 7.95. The fourth-order valence-electron chi connectivity index (χ4n) is 3.08. The molecular formula is C20H21NO2. The van der Waals surface area contributed by atoms with Crippen LogP contribution in [0.15, 0.2) is 42.6 Å². The number of fused-ring (bicyclic) bond motifs is 1. The van der Waals surface area contributed by atoms with Crippen LogP contribution in [0.25, 0.3) is 22.0 Å². The van der Waals surface area contributed by atoms with Gasteiger partial charge in [0.1, 0.15) is 11.5 Å². The molecule has 0 amide bonds. The third-order valence-electron chi connectivity index (χ3n) is 4.26. The van der Waals surface area contributed by atoms with E-state index in [1.807, 2.05) is 38.2 Å². The summed E-state index contributed by atoms with van der Waals surface area (Å²) in [5.74, 6) is 0.324. The molecule has 3 rings (SSSR count). The molecule has 0 saturated carbocycles. The van der Waals surface area contributed by atoms with Crippen LogP contribution < -0.4 is 0 Å². The van der Waals surface area contributed by atoms with Gasteiger partial charge in [-0.2, -0.15) is 0 Å². The highest BCUT2D eigenvalue weighted by Crippen LogP contribution is 2.38. The molecular weight excluding hydrogens is 286 g/mol. The van der Waals surface area contributed by atoms with E-state index in [0.717, 1.165) is 28.5 Å². The second kappa shape index (κ2) is 5.92. The average molecular weight is 307 g/mol. The molecule has 0 saturated heterocycles. The predicted octanol–water partition coefficient (Wildman–Crippen LogP) is 5.00. The van der Waals surface area contributed by atoms with E-state index >= 15 is 0 Å². The predicted molar refractivity (Wildman–Crippen MR) is 94.0 cm³/mol. The first-order chi connectivity index (χ1) is 11.0. The van der Waals surface area contributed by atoms with Crippen molar-refractivity contribution >= 4 is 10.9 Å². The van der Waals surface area contributed by atoms with Crippen LogP contribution in [0.1, 0.15) is 37.8 Å². The van der Waals surface area contributed by atoms with Gasteiger partial charge in [-0.15, -0.1) is 0 Å². The van der Waals surface area contributed by atoms with Gasteiger partial charge in [0.25, 0.3) is 0 Å². The maximum absolute atomic E-state index is 10.2. The van der Waals surface area contributed by atoms with Crippen molar-refractivity contribution in [2.45, 2.75) is 33.1 Å². The molecule has 1 aromatic heterocycles. The normalized spacial score (nSPS) is 11.3. The summed E-state index contributed by atoms with van der Waals surface area (Å²) in [4.78, 5) is 4.44. The van der Waals surface area contributed by atoms with E-state index in [1.54, 1.807) is 12.1 Å². The number of benzene rings is 2. The van der Waals surface area contributed by atoms with Crippen molar-refractivity contribution in [2.24, 2.45) is 0 Å². The summed E-state index contributed by atoms with van der Waals surface area (Å²) < 4.78 is 0. The number of hydrogen-bond donors (Lipinski definition) is 2. The maximum Gasteiger partial charge on any atom is 0.123 e. The number of aromatic hydroxyl groups is 2. The Morgan fingerprint density at radius 3 is 2.26 bits per heavy atom. The summed E-state index contributed by atoms with van der Waals surface area (Å²) in [5.41, 5.74) is 4.49.